The van der Waals surface area contributed by atoms with Crippen molar-refractivity contribution in [2.24, 2.45) is 0 Å². The lowest BCUT2D eigenvalue weighted by atomic mass is 10.1. The summed E-state index contributed by atoms with van der Waals surface area (Å²) < 4.78 is 6.01. The van der Waals surface area contributed by atoms with Gasteiger partial charge in [-0.15, -0.1) is 0 Å². The summed E-state index contributed by atoms with van der Waals surface area (Å²) in [6.07, 6.45) is 0. The molecule has 0 spiro atoms. The first kappa shape index (κ1) is 23.2. The van der Waals surface area contributed by atoms with Crippen molar-refractivity contribution in [1.29, 1.82) is 0 Å². The van der Waals surface area contributed by atoms with Gasteiger partial charge in [-0.2, -0.15) is 5.10 Å². The van der Waals surface area contributed by atoms with E-state index in [9.17, 15) is 14.4 Å². The highest BCUT2D eigenvalue weighted by Gasteiger charge is 2.18. The van der Waals surface area contributed by atoms with Crippen molar-refractivity contribution in [3.05, 3.63) is 69.8 Å². The molecule has 166 valence electrons. The van der Waals surface area contributed by atoms with Crippen LogP contribution in [0.15, 0.2) is 53.0 Å². The molecule has 2 amide bonds. The molecule has 8 nitrogen and oxygen atoms in total. The second kappa shape index (κ2) is 10.2. The third-order valence-electron chi connectivity index (χ3n) is 4.82. The molecule has 3 aromatic rings. The Morgan fingerprint density at radius 1 is 1.09 bits per heavy atom. The monoisotopic (exact) mass is 498 g/mol. The van der Waals surface area contributed by atoms with Crippen molar-refractivity contribution >= 4 is 39.4 Å². The molecule has 0 aliphatic carbocycles. The maximum Gasteiger partial charge on any atom is 0.356 e. The number of carbonyl (C=O) groups excluding carboxylic acids is 3. The molecule has 0 fully saturated rings. The van der Waals surface area contributed by atoms with Gasteiger partial charge in [-0.3, -0.25) is 14.7 Å². The number of likely N-dealkylation sites (N-methyl/N-ethyl adjacent to an activating group) is 1. The molecule has 0 aliphatic rings. The van der Waals surface area contributed by atoms with Gasteiger partial charge in [-0.05, 0) is 43.2 Å². The lowest BCUT2D eigenvalue weighted by Crippen LogP contribution is -2.37. The number of esters is 1. The minimum Gasteiger partial charge on any atom is -0.451 e. The van der Waals surface area contributed by atoms with Gasteiger partial charge in [-0.25, -0.2) is 4.79 Å². The first-order chi connectivity index (χ1) is 15.2. The molecule has 32 heavy (non-hydrogen) atoms. The number of aromatic nitrogens is 2. The second-order valence-electron chi connectivity index (χ2n) is 7.31. The Balaban J connectivity index is 1.51. The third-order valence-corrected chi connectivity index (χ3v) is 5.35. The van der Waals surface area contributed by atoms with Gasteiger partial charge in [0.15, 0.2) is 6.61 Å². The predicted molar refractivity (Wildman–Crippen MR) is 124 cm³/mol. The number of carbonyl (C=O) groups is 3. The van der Waals surface area contributed by atoms with Gasteiger partial charge in [0, 0.05) is 22.8 Å². The summed E-state index contributed by atoms with van der Waals surface area (Å²) in [5, 5.41) is 9.54. The van der Waals surface area contributed by atoms with E-state index in [1.165, 1.54) is 11.9 Å². The predicted octanol–water partition coefficient (Wildman–Crippen LogP) is 3.71. The number of benzene rings is 2. The standard InChI is InChI=1S/C23H23BrN4O4/c1-14-5-4-6-15(2)22(14)25-20(29)12-28(3)21(30)13-32-23(31)19-11-18(26-27-19)16-7-9-17(24)10-8-16/h4-11H,12-13H2,1-3H3,(H,25,29)(H,26,27). The normalized spacial score (nSPS) is 10.5. The number of hydrogen-bond acceptors (Lipinski definition) is 5. The van der Waals surface area contributed by atoms with E-state index in [0.29, 0.717) is 5.69 Å². The zero-order valence-corrected chi connectivity index (χ0v) is 19.5. The Hall–Kier alpha value is -3.46. The molecule has 0 unspecified atom stereocenters. The second-order valence-corrected chi connectivity index (χ2v) is 8.23. The molecule has 0 atom stereocenters. The van der Waals surface area contributed by atoms with Crippen molar-refractivity contribution < 1.29 is 19.1 Å². The van der Waals surface area contributed by atoms with Crippen molar-refractivity contribution in [3.63, 3.8) is 0 Å². The number of aryl methyl sites for hydroxylation is 2. The largest absolute Gasteiger partial charge is 0.451 e. The molecule has 0 bridgehead atoms. The Kier molecular flexibility index (Phi) is 7.42. The van der Waals surface area contributed by atoms with Crippen LogP contribution in [-0.2, 0) is 14.3 Å². The fourth-order valence-electron chi connectivity index (χ4n) is 3.00. The number of hydrogen-bond donors (Lipinski definition) is 2. The minimum atomic E-state index is -0.706. The average molecular weight is 499 g/mol. The minimum absolute atomic E-state index is 0.131. The van der Waals surface area contributed by atoms with E-state index < -0.39 is 18.5 Å². The summed E-state index contributed by atoms with van der Waals surface area (Å²) in [5.41, 5.74) is 4.13. The molecule has 2 aromatic carbocycles. The van der Waals surface area contributed by atoms with Crippen LogP contribution in [0, 0.1) is 13.8 Å². The molecule has 2 N–H and O–H groups in total. The Morgan fingerprint density at radius 3 is 2.41 bits per heavy atom. The molecule has 0 radical (unpaired) electrons. The maximum atomic E-state index is 12.3. The Bertz CT molecular complexity index is 1120. The summed E-state index contributed by atoms with van der Waals surface area (Å²) in [6, 6.07) is 14.7. The number of H-pyrrole nitrogens is 1. The number of aromatic amines is 1. The molecule has 0 saturated heterocycles. The highest BCUT2D eigenvalue weighted by molar-refractivity contribution is 9.10. The molecule has 1 heterocycles. The smallest absolute Gasteiger partial charge is 0.356 e. The maximum absolute atomic E-state index is 12.3. The fraction of sp³-hybridized carbons (Fsp3) is 0.217. The quantitative estimate of drug-likeness (QED) is 0.483. The average Bonchev–Trinajstić information content (AvgIpc) is 3.25. The highest BCUT2D eigenvalue weighted by atomic mass is 79.9. The first-order valence-electron chi connectivity index (χ1n) is 9.83. The molecule has 1 aromatic heterocycles. The van der Waals surface area contributed by atoms with Gasteiger partial charge in [0.25, 0.3) is 5.91 Å². The zero-order chi connectivity index (χ0) is 23.3. The van der Waals surface area contributed by atoms with Gasteiger partial charge in [0.1, 0.15) is 5.69 Å². The number of rotatable bonds is 7. The van der Waals surface area contributed by atoms with Gasteiger partial charge >= 0.3 is 5.97 Å². The van der Waals surface area contributed by atoms with E-state index in [0.717, 1.165) is 26.9 Å². The number of ether oxygens (including phenoxy) is 1. The van der Waals surface area contributed by atoms with Crippen LogP contribution in [0.5, 0.6) is 0 Å². The van der Waals surface area contributed by atoms with E-state index in [-0.39, 0.29) is 18.1 Å². The van der Waals surface area contributed by atoms with Crippen molar-refractivity contribution in [3.8, 4) is 11.3 Å². The molecular formula is C23H23BrN4O4. The summed E-state index contributed by atoms with van der Waals surface area (Å²) in [7, 11) is 1.47. The van der Waals surface area contributed by atoms with Crippen LogP contribution < -0.4 is 5.32 Å². The van der Waals surface area contributed by atoms with Crippen molar-refractivity contribution in [2.75, 3.05) is 25.5 Å². The van der Waals surface area contributed by atoms with E-state index >= 15 is 0 Å². The molecular weight excluding hydrogens is 476 g/mol. The highest BCUT2D eigenvalue weighted by Crippen LogP contribution is 2.21. The van der Waals surface area contributed by atoms with Crippen molar-refractivity contribution in [2.45, 2.75) is 13.8 Å². The number of nitrogens with zero attached hydrogens (tertiary/aromatic N) is 2. The SMILES string of the molecule is Cc1cccc(C)c1NC(=O)CN(C)C(=O)COC(=O)c1cc(-c2ccc(Br)cc2)n[nH]1. The van der Waals surface area contributed by atoms with Crippen LogP contribution in [0.2, 0.25) is 0 Å². The van der Waals surface area contributed by atoms with Crippen LogP contribution in [0.3, 0.4) is 0 Å². The van der Waals surface area contributed by atoms with Gasteiger partial charge < -0.3 is 15.0 Å². The van der Waals surface area contributed by atoms with Crippen LogP contribution >= 0.6 is 15.9 Å². The van der Waals surface area contributed by atoms with E-state index in [2.05, 4.69) is 31.4 Å². The van der Waals surface area contributed by atoms with Crippen LogP contribution in [0.1, 0.15) is 21.6 Å². The van der Waals surface area contributed by atoms with Gasteiger partial charge in [0.05, 0.1) is 12.2 Å². The number of anilines is 1. The lowest BCUT2D eigenvalue weighted by molar-refractivity contribution is -0.136. The topological polar surface area (TPSA) is 104 Å². The third kappa shape index (κ3) is 5.82. The first-order valence-corrected chi connectivity index (χ1v) is 10.6. The molecule has 0 saturated carbocycles. The number of halogens is 1. The van der Waals surface area contributed by atoms with Crippen LogP contribution in [0.25, 0.3) is 11.3 Å². The summed E-state index contributed by atoms with van der Waals surface area (Å²) in [6.45, 7) is 3.14. The Labute approximate surface area is 194 Å². The molecule has 3 rings (SSSR count). The summed E-state index contributed by atoms with van der Waals surface area (Å²) in [5.74, 6) is -1.54. The lowest BCUT2D eigenvalue weighted by Gasteiger charge is -2.18. The van der Waals surface area contributed by atoms with Crippen LogP contribution in [-0.4, -0.2) is 53.1 Å². The van der Waals surface area contributed by atoms with E-state index in [4.69, 9.17) is 4.74 Å². The summed E-state index contributed by atoms with van der Waals surface area (Å²) in [4.78, 5) is 38.1. The Morgan fingerprint density at radius 2 is 1.75 bits per heavy atom. The van der Waals surface area contributed by atoms with Crippen LogP contribution in [0.4, 0.5) is 5.69 Å². The molecule has 0 aliphatic heterocycles. The van der Waals surface area contributed by atoms with E-state index in [1.807, 2.05) is 56.3 Å². The van der Waals surface area contributed by atoms with Crippen molar-refractivity contribution in [1.82, 2.24) is 15.1 Å². The molecule has 9 heteroatoms. The number of para-hydroxylation sites is 1. The number of amides is 2. The van der Waals surface area contributed by atoms with Gasteiger partial charge in [-0.1, -0.05) is 46.3 Å². The van der Waals surface area contributed by atoms with E-state index in [1.54, 1.807) is 6.07 Å². The zero-order valence-electron chi connectivity index (χ0n) is 17.9. The summed E-state index contributed by atoms with van der Waals surface area (Å²) >= 11 is 3.37. The fourth-order valence-corrected chi connectivity index (χ4v) is 3.27. The van der Waals surface area contributed by atoms with Gasteiger partial charge in [0.2, 0.25) is 5.91 Å². The number of nitrogens with one attached hydrogen (secondary N) is 2.